The van der Waals surface area contributed by atoms with Crippen LogP contribution in [0.1, 0.15) is 30.1 Å². The van der Waals surface area contributed by atoms with Crippen molar-refractivity contribution in [1.29, 1.82) is 0 Å². The minimum atomic E-state index is 0.107. The lowest BCUT2D eigenvalue weighted by atomic mass is 9.97. The predicted octanol–water partition coefficient (Wildman–Crippen LogP) is 2.10. The summed E-state index contributed by atoms with van der Waals surface area (Å²) in [6.45, 7) is 3.87. The van der Waals surface area contributed by atoms with Gasteiger partial charge >= 0.3 is 0 Å². The predicted molar refractivity (Wildman–Crippen MR) is 68.5 cm³/mol. The molecule has 1 aromatic rings. The number of Topliss-reactive ketones (excluding diaryl/α,β-unsaturated/α-hetero) is 1. The SMILES string of the molecule is CC(=O)c1ccc(N2CCC(CO)CC2)cc1. The fraction of sp³-hybridized carbons (Fsp3) is 0.500. The second-order valence-corrected chi connectivity index (χ2v) is 4.72. The zero-order valence-corrected chi connectivity index (χ0v) is 10.2. The number of piperidine rings is 1. The molecule has 0 amide bonds. The van der Waals surface area contributed by atoms with E-state index in [1.54, 1.807) is 6.92 Å². The summed E-state index contributed by atoms with van der Waals surface area (Å²) in [4.78, 5) is 13.5. The molecule has 3 nitrogen and oxygen atoms in total. The van der Waals surface area contributed by atoms with Gasteiger partial charge in [-0.1, -0.05) is 0 Å². The first-order valence-electron chi connectivity index (χ1n) is 6.17. The molecular weight excluding hydrogens is 214 g/mol. The van der Waals surface area contributed by atoms with Crippen LogP contribution in [0.2, 0.25) is 0 Å². The summed E-state index contributed by atoms with van der Waals surface area (Å²) in [7, 11) is 0. The molecule has 1 fully saturated rings. The van der Waals surface area contributed by atoms with Crippen LogP contribution >= 0.6 is 0 Å². The van der Waals surface area contributed by atoms with Gasteiger partial charge in [0.05, 0.1) is 0 Å². The van der Waals surface area contributed by atoms with E-state index in [1.807, 2.05) is 24.3 Å². The Morgan fingerprint density at radius 1 is 1.29 bits per heavy atom. The molecule has 0 saturated carbocycles. The maximum absolute atomic E-state index is 11.2. The van der Waals surface area contributed by atoms with Gasteiger partial charge < -0.3 is 10.0 Å². The minimum absolute atomic E-state index is 0.107. The fourth-order valence-electron chi connectivity index (χ4n) is 2.28. The van der Waals surface area contributed by atoms with Crippen LogP contribution in [0.25, 0.3) is 0 Å². The monoisotopic (exact) mass is 233 g/mol. The van der Waals surface area contributed by atoms with E-state index in [0.29, 0.717) is 12.5 Å². The van der Waals surface area contributed by atoms with Crippen molar-refractivity contribution in [3.8, 4) is 0 Å². The van der Waals surface area contributed by atoms with Gasteiger partial charge in [-0.25, -0.2) is 0 Å². The first-order valence-corrected chi connectivity index (χ1v) is 6.17. The Labute approximate surface area is 102 Å². The highest BCUT2D eigenvalue weighted by Gasteiger charge is 2.18. The van der Waals surface area contributed by atoms with Crippen LogP contribution in [-0.2, 0) is 0 Å². The summed E-state index contributed by atoms with van der Waals surface area (Å²) in [6.07, 6.45) is 2.09. The van der Waals surface area contributed by atoms with Crippen molar-refractivity contribution in [3.63, 3.8) is 0 Å². The number of nitrogens with zero attached hydrogens (tertiary/aromatic N) is 1. The number of rotatable bonds is 3. The molecule has 17 heavy (non-hydrogen) atoms. The fourth-order valence-corrected chi connectivity index (χ4v) is 2.28. The topological polar surface area (TPSA) is 40.5 Å². The van der Waals surface area contributed by atoms with E-state index < -0.39 is 0 Å². The molecule has 1 aromatic carbocycles. The Bertz CT molecular complexity index is 378. The lowest BCUT2D eigenvalue weighted by Gasteiger charge is -2.32. The van der Waals surface area contributed by atoms with Gasteiger partial charge in [-0.15, -0.1) is 0 Å². The van der Waals surface area contributed by atoms with Gasteiger partial charge in [0, 0.05) is 30.9 Å². The van der Waals surface area contributed by atoms with Crippen LogP contribution in [0.4, 0.5) is 5.69 Å². The van der Waals surface area contributed by atoms with Crippen LogP contribution in [0, 0.1) is 5.92 Å². The third kappa shape index (κ3) is 2.86. The number of aliphatic hydroxyl groups excluding tert-OH is 1. The normalized spacial score (nSPS) is 17.2. The molecule has 0 radical (unpaired) electrons. The van der Waals surface area contributed by atoms with E-state index in [9.17, 15) is 4.79 Å². The van der Waals surface area contributed by atoms with E-state index in [0.717, 1.165) is 31.5 Å². The van der Waals surface area contributed by atoms with E-state index in [-0.39, 0.29) is 5.78 Å². The summed E-state index contributed by atoms with van der Waals surface area (Å²) < 4.78 is 0. The smallest absolute Gasteiger partial charge is 0.159 e. The molecular formula is C14H19NO2. The average Bonchev–Trinajstić information content (AvgIpc) is 2.39. The molecule has 0 atom stereocenters. The summed E-state index contributed by atoms with van der Waals surface area (Å²) in [5.74, 6) is 0.568. The minimum Gasteiger partial charge on any atom is -0.396 e. The van der Waals surface area contributed by atoms with Crippen LogP contribution in [0.5, 0.6) is 0 Å². The number of anilines is 1. The maximum Gasteiger partial charge on any atom is 0.159 e. The zero-order valence-electron chi connectivity index (χ0n) is 10.2. The van der Waals surface area contributed by atoms with E-state index in [4.69, 9.17) is 5.11 Å². The van der Waals surface area contributed by atoms with Crippen LogP contribution < -0.4 is 4.90 Å². The Kier molecular flexibility index (Phi) is 3.79. The number of hydrogen-bond donors (Lipinski definition) is 1. The van der Waals surface area contributed by atoms with Crippen molar-refractivity contribution in [2.45, 2.75) is 19.8 Å². The van der Waals surface area contributed by atoms with Gasteiger partial charge in [-0.3, -0.25) is 4.79 Å². The third-order valence-electron chi connectivity index (χ3n) is 3.51. The largest absolute Gasteiger partial charge is 0.396 e. The summed E-state index contributed by atoms with van der Waals surface area (Å²) >= 11 is 0. The second-order valence-electron chi connectivity index (χ2n) is 4.72. The van der Waals surface area contributed by atoms with Crippen LogP contribution in [0.15, 0.2) is 24.3 Å². The van der Waals surface area contributed by atoms with Crippen molar-refractivity contribution < 1.29 is 9.90 Å². The lowest BCUT2D eigenvalue weighted by molar-refractivity contribution is 0.101. The summed E-state index contributed by atoms with van der Waals surface area (Å²) in [6, 6.07) is 7.79. The highest BCUT2D eigenvalue weighted by molar-refractivity contribution is 5.94. The number of ketones is 1. The number of carbonyl (C=O) groups excluding carboxylic acids is 1. The number of carbonyl (C=O) groups is 1. The Hall–Kier alpha value is -1.35. The average molecular weight is 233 g/mol. The molecule has 0 bridgehead atoms. The van der Waals surface area contributed by atoms with Crippen molar-refractivity contribution in [2.24, 2.45) is 5.92 Å². The van der Waals surface area contributed by atoms with Gasteiger partial charge in [-0.05, 0) is 49.9 Å². The highest BCUT2D eigenvalue weighted by atomic mass is 16.3. The number of aliphatic hydroxyl groups is 1. The van der Waals surface area contributed by atoms with Crippen molar-refractivity contribution in [3.05, 3.63) is 29.8 Å². The first-order chi connectivity index (χ1) is 8.20. The quantitative estimate of drug-likeness (QED) is 0.813. The van der Waals surface area contributed by atoms with E-state index >= 15 is 0 Å². The number of hydrogen-bond acceptors (Lipinski definition) is 3. The van der Waals surface area contributed by atoms with Crippen LogP contribution in [-0.4, -0.2) is 30.6 Å². The molecule has 3 heteroatoms. The molecule has 1 aliphatic rings. The van der Waals surface area contributed by atoms with Crippen LogP contribution in [0.3, 0.4) is 0 Å². The molecule has 1 N–H and O–H groups in total. The molecule has 0 aliphatic carbocycles. The van der Waals surface area contributed by atoms with E-state index in [1.165, 1.54) is 5.69 Å². The van der Waals surface area contributed by atoms with Gasteiger partial charge in [0.25, 0.3) is 0 Å². The summed E-state index contributed by atoms with van der Waals surface area (Å²) in [5, 5.41) is 9.09. The molecule has 1 saturated heterocycles. The second kappa shape index (κ2) is 5.32. The van der Waals surface area contributed by atoms with Crippen molar-refractivity contribution in [1.82, 2.24) is 0 Å². The Balaban J connectivity index is 2.01. The van der Waals surface area contributed by atoms with Gasteiger partial charge in [-0.2, -0.15) is 0 Å². The molecule has 0 spiro atoms. The first kappa shape index (κ1) is 12.1. The Morgan fingerprint density at radius 3 is 2.35 bits per heavy atom. The molecule has 0 unspecified atom stereocenters. The lowest BCUT2D eigenvalue weighted by Crippen LogP contribution is -2.34. The highest BCUT2D eigenvalue weighted by Crippen LogP contribution is 2.23. The standard InChI is InChI=1S/C14H19NO2/c1-11(17)13-2-4-14(5-3-13)15-8-6-12(10-16)7-9-15/h2-5,12,16H,6-10H2,1H3. The molecule has 1 aliphatic heterocycles. The molecule has 1 heterocycles. The zero-order chi connectivity index (χ0) is 12.3. The van der Waals surface area contributed by atoms with Crippen molar-refractivity contribution in [2.75, 3.05) is 24.6 Å². The van der Waals surface area contributed by atoms with E-state index in [2.05, 4.69) is 4.90 Å². The Morgan fingerprint density at radius 2 is 1.88 bits per heavy atom. The maximum atomic E-state index is 11.2. The molecule has 92 valence electrons. The van der Waals surface area contributed by atoms with Gasteiger partial charge in [0.15, 0.2) is 5.78 Å². The molecule has 2 rings (SSSR count). The van der Waals surface area contributed by atoms with Gasteiger partial charge in [0.1, 0.15) is 0 Å². The van der Waals surface area contributed by atoms with Gasteiger partial charge in [0.2, 0.25) is 0 Å². The van der Waals surface area contributed by atoms with Crippen molar-refractivity contribution >= 4 is 11.5 Å². The number of benzene rings is 1. The summed E-state index contributed by atoms with van der Waals surface area (Å²) in [5.41, 5.74) is 1.94. The molecule has 0 aromatic heterocycles. The third-order valence-corrected chi connectivity index (χ3v) is 3.51.